The summed E-state index contributed by atoms with van der Waals surface area (Å²) in [5.41, 5.74) is 0.571. The zero-order valence-electron chi connectivity index (χ0n) is 8.17. The number of nitrogens with zero attached hydrogens (tertiary/aromatic N) is 1. The van der Waals surface area contributed by atoms with E-state index in [0.29, 0.717) is 9.26 Å². The first-order chi connectivity index (χ1) is 7.58. The highest BCUT2D eigenvalue weighted by Crippen LogP contribution is 2.24. The van der Waals surface area contributed by atoms with Crippen LogP contribution in [-0.4, -0.2) is 24.9 Å². The van der Waals surface area contributed by atoms with E-state index in [4.69, 9.17) is 0 Å². The fourth-order valence-corrected chi connectivity index (χ4v) is 2.25. The monoisotopic (exact) mass is 334 g/mol. The van der Waals surface area contributed by atoms with E-state index in [1.807, 2.05) is 22.6 Å². The molecule has 0 aromatic heterocycles. The third kappa shape index (κ3) is 2.16. The second-order valence-electron chi connectivity index (χ2n) is 3.35. The SMILES string of the molecule is O=C1CN(c2ccc(F)cc2I)C(=O)CN1. The minimum atomic E-state index is -0.359. The van der Waals surface area contributed by atoms with Gasteiger partial charge in [0.05, 0.1) is 12.2 Å². The number of nitrogens with one attached hydrogen (secondary N) is 1. The van der Waals surface area contributed by atoms with Gasteiger partial charge in [0.2, 0.25) is 11.8 Å². The van der Waals surface area contributed by atoms with Gasteiger partial charge in [0, 0.05) is 3.57 Å². The van der Waals surface area contributed by atoms with Gasteiger partial charge in [-0.05, 0) is 40.8 Å². The zero-order valence-corrected chi connectivity index (χ0v) is 10.3. The molecule has 2 rings (SSSR count). The van der Waals surface area contributed by atoms with Gasteiger partial charge in [0.15, 0.2) is 0 Å². The van der Waals surface area contributed by atoms with Gasteiger partial charge in [0.1, 0.15) is 12.4 Å². The Morgan fingerprint density at radius 3 is 2.81 bits per heavy atom. The van der Waals surface area contributed by atoms with E-state index in [0.717, 1.165) is 0 Å². The zero-order chi connectivity index (χ0) is 11.7. The molecule has 0 unspecified atom stereocenters. The lowest BCUT2D eigenvalue weighted by Crippen LogP contribution is -2.52. The predicted molar refractivity (Wildman–Crippen MR) is 64.5 cm³/mol. The Labute approximate surface area is 105 Å². The minimum absolute atomic E-state index is 0.00765. The number of amides is 2. The summed E-state index contributed by atoms with van der Waals surface area (Å²) < 4.78 is 13.5. The molecule has 16 heavy (non-hydrogen) atoms. The lowest BCUT2D eigenvalue weighted by Gasteiger charge is -2.27. The van der Waals surface area contributed by atoms with E-state index in [-0.39, 0.29) is 30.7 Å². The Morgan fingerprint density at radius 1 is 1.38 bits per heavy atom. The second kappa shape index (κ2) is 4.36. The van der Waals surface area contributed by atoms with Crippen LogP contribution in [0.15, 0.2) is 18.2 Å². The number of hydrogen-bond acceptors (Lipinski definition) is 2. The number of hydrogen-bond donors (Lipinski definition) is 1. The first-order valence-corrected chi connectivity index (χ1v) is 5.68. The van der Waals surface area contributed by atoms with Crippen molar-refractivity contribution in [3.63, 3.8) is 0 Å². The molecule has 0 bridgehead atoms. The van der Waals surface area contributed by atoms with Gasteiger partial charge < -0.3 is 10.2 Å². The van der Waals surface area contributed by atoms with Crippen molar-refractivity contribution in [2.24, 2.45) is 0 Å². The fourth-order valence-electron chi connectivity index (χ4n) is 1.48. The topological polar surface area (TPSA) is 49.4 Å². The molecule has 84 valence electrons. The largest absolute Gasteiger partial charge is 0.345 e. The summed E-state index contributed by atoms with van der Waals surface area (Å²) in [7, 11) is 0. The van der Waals surface area contributed by atoms with Crippen LogP contribution in [0.4, 0.5) is 10.1 Å². The van der Waals surface area contributed by atoms with Crippen molar-refractivity contribution in [3.05, 3.63) is 27.6 Å². The van der Waals surface area contributed by atoms with E-state index in [9.17, 15) is 14.0 Å². The van der Waals surface area contributed by atoms with E-state index < -0.39 is 0 Å². The standard InChI is InChI=1S/C10H8FIN2O2/c11-6-1-2-8(7(12)3-6)14-5-9(15)13-4-10(14)16/h1-3H,4-5H2,(H,13,15). The number of rotatable bonds is 1. The molecular formula is C10H8FIN2O2. The van der Waals surface area contributed by atoms with Crippen LogP contribution >= 0.6 is 22.6 Å². The molecule has 1 N–H and O–H groups in total. The smallest absolute Gasteiger partial charge is 0.246 e. The summed E-state index contributed by atoms with van der Waals surface area (Å²) in [5, 5.41) is 2.46. The first kappa shape index (κ1) is 11.3. The van der Waals surface area contributed by atoms with Crippen LogP contribution in [0.2, 0.25) is 0 Å². The normalized spacial score (nSPS) is 16.2. The number of piperazine rings is 1. The maximum absolute atomic E-state index is 12.9. The summed E-state index contributed by atoms with van der Waals surface area (Å²) in [6, 6.07) is 4.11. The number of halogens is 2. The lowest BCUT2D eigenvalue weighted by atomic mass is 10.2. The number of anilines is 1. The quantitative estimate of drug-likeness (QED) is 0.776. The molecule has 4 nitrogen and oxygen atoms in total. The highest BCUT2D eigenvalue weighted by molar-refractivity contribution is 14.1. The van der Waals surface area contributed by atoms with Crippen LogP contribution in [0, 0.1) is 9.39 Å². The molecule has 1 aromatic carbocycles. The molecule has 1 saturated heterocycles. The van der Waals surface area contributed by atoms with Crippen LogP contribution in [-0.2, 0) is 9.59 Å². The molecular weight excluding hydrogens is 326 g/mol. The third-order valence-corrected chi connectivity index (χ3v) is 3.10. The second-order valence-corrected chi connectivity index (χ2v) is 4.51. The third-order valence-electron chi connectivity index (χ3n) is 2.24. The maximum Gasteiger partial charge on any atom is 0.246 e. The van der Waals surface area contributed by atoms with Gasteiger partial charge in [-0.15, -0.1) is 0 Å². The van der Waals surface area contributed by atoms with Gasteiger partial charge in [-0.25, -0.2) is 4.39 Å². The fraction of sp³-hybridized carbons (Fsp3) is 0.200. The molecule has 1 aromatic rings. The van der Waals surface area contributed by atoms with Crippen LogP contribution in [0.3, 0.4) is 0 Å². The van der Waals surface area contributed by atoms with Crippen molar-refractivity contribution in [3.8, 4) is 0 Å². The van der Waals surface area contributed by atoms with Gasteiger partial charge in [0.25, 0.3) is 0 Å². The molecule has 0 aliphatic carbocycles. The van der Waals surface area contributed by atoms with E-state index in [2.05, 4.69) is 5.32 Å². The van der Waals surface area contributed by atoms with Crippen molar-refractivity contribution in [2.75, 3.05) is 18.0 Å². The molecule has 1 fully saturated rings. The molecule has 0 spiro atoms. The molecule has 0 radical (unpaired) electrons. The van der Waals surface area contributed by atoms with Crippen molar-refractivity contribution >= 4 is 40.1 Å². The van der Waals surface area contributed by atoms with E-state index in [1.54, 1.807) is 0 Å². The van der Waals surface area contributed by atoms with Crippen LogP contribution in [0.1, 0.15) is 0 Å². The summed E-state index contributed by atoms with van der Waals surface area (Å²) >= 11 is 1.94. The Kier molecular flexibility index (Phi) is 3.08. The van der Waals surface area contributed by atoms with Gasteiger partial charge in [-0.1, -0.05) is 0 Å². The maximum atomic E-state index is 12.9. The number of carbonyl (C=O) groups is 2. The van der Waals surface area contributed by atoms with Gasteiger partial charge >= 0.3 is 0 Å². The molecule has 6 heteroatoms. The van der Waals surface area contributed by atoms with Crippen molar-refractivity contribution < 1.29 is 14.0 Å². The van der Waals surface area contributed by atoms with Crippen LogP contribution < -0.4 is 10.2 Å². The summed E-state index contributed by atoms with van der Waals surface area (Å²) in [6.45, 7) is -0.0211. The van der Waals surface area contributed by atoms with E-state index in [1.165, 1.54) is 23.1 Å². The highest BCUT2D eigenvalue weighted by Gasteiger charge is 2.25. The molecule has 1 aliphatic rings. The Hall–Kier alpha value is -1.18. The Morgan fingerprint density at radius 2 is 2.12 bits per heavy atom. The average Bonchev–Trinajstić information content (AvgIpc) is 2.22. The lowest BCUT2D eigenvalue weighted by molar-refractivity contribution is -0.128. The Bertz CT molecular complexity index is 464. The van der Waals surface area contributed by atoms with Crippen molar-refractivity contribution in [1.82, 2.24) is 5.32 Å². The molecule has 2 amide bonds. The summed E-state index contributed by atoms with van der Waals surface area (Å²) in [4.78, 5) is 24.1. The average molecular weight is 334 g/mol. The predicted octanol–water partition coefficient (Wildman–Crippen LogP) is 0.893. The van der Waals surface area contributed by atoms with Gasteiger partial charge in [-0.3, -0.25) is 9.59 Å². The molecule has 0 atom stereocenters. The Balaban J connectivity index is 2.35. The van der Waals surface area contributed by atoms with Crippen molar-refractivity contribution in [1.29, 1.82) is 0 Å². The van der Waals surface area contributed by atoms with Crippen molar-refractivity contribution in [2.45, 2.75) is 0 Å². The van der Waals surface area contributed by atoms with Crippen LogP contribution in [0.5, 0.6) is 0 Å². The molecule has 1 aliphatic heterocycles. The molecule has 0 saturated carbocycles. The highest BCUT2D eigenvalue weighted by atomic mass is 127. The molecule has 1 heterocycles. The summed E-state index contributed by atoms with van der Waals surface area (Å²) in [5.74, 6) is -0.758. The number of carbonyl (C=O) groups excluding carboxylic acids is 2. The van der Waals surface area contributed by atoms with Crippen LogP contribution in [0.25, 0.3) is 0 Å². The van der Waals surface area contributed by atoms with Gasteiger partial charge in [-0.2, -0.15) is 0 Å². The first-order valence-electron chi connectivity index (χ1n) is 4.60. The minimum Gasteiger partial charge on any atom is -0.345 e. The number of benzene rings is 1. The van der Waals surface area contributed by atoms with E-state index >= 15 is 0 Å². The summed E-state index contributed by atoms with van der Waals surface area (Å²) in [6.07, 6.45) is 0.